The van der Waals surface area contributed by atoms with Gasteiger partial charge in [0.1, 0.15) is 11.4 Å². The van der Waals surface area contributed by atoms with Crippen molar-refractivity contribution in [3.05, 3.63) is 35.6 Å². The summed E-state index contributed by atoms with van der Waals surface area (Å²) >= 11 is 7.36. The van der Waals surface area contributed by atoms with Crippen molar-refractivity contribution in [2.75, 3.05) is 38.5 Å². The maximum Gasteiger partial charge on any atom is 0.409 e. The number of hydrogen-bond donors (Lipinski definition) is 0. The summed E-state index contributed by atoms with van der Waals surface area (Å²) in [5.74, 6) is 0.178. The second-order valence-electron chi connectivity index (χ2n) is 6.69. The van der Waals surface area contributed by atoms with Gasteiger partial charge in [-0.05, 0) is 25.1 Å². The Kier molecular flexibility index (Phi) is 6.52. The molecule has 0 unspecified atom stereocenters. The molecule has 3 aromatic rings. The number of ether oxygens (including phenoxy) is 1. The lowest BCUT2D eigenvalue weighted by atomic mass is 10.3. The van der Waals surface area contributed by atoms with E-state index in [2.05, 4.69) is 20.3 Å². The first kappa shape index (κ1) is 21.3. The van der Waals surface area contributed by atoms with Gasteiger partial charge in [0.15, 0.2) is 11.2 Å². The second kappa shape index (κ2) is 9.48. The van der Waals surface area contributed by atoms with Crippen molar-refractivity contribution >= 4 is 46.5 Å². The van der Waals surface area contributed by atoms with Gasteiger partial charge >= 0.3 is 6.09 Å². The Morgan fingerprint density at radius 2 is 1.94 bits per heavy atom. The van der Waals surface area contributed by atoms with E-state index in [9.17, 15) is 9.59 Å². The highest BCUT2D eigenvalue weighted by atomic mass is 35.5. The molecular formula is C19H20ClN7O3S. The topological polar surface area (TPSA) is 106 Å². The van der Waals surface area contributed by atoms with Crippen molar-refractivity contribution in [1.29, 1.82) is 0 Å². The molecule has 1 aliphatic heterocycles. The lowest BCUT2D eigenvalue weighted by Crippen LogP contribution is -2.51. The minimum Gasteiger partial charge on any atom is -0.450 e. The van der Waals surface area contributed by atoms with Crippen LogP contribution in [-0.4, -0.2) is 85.3 Å². The lowest BCUT2D eigenvalue weighted by Gasteiger charge is -2.34. The summed E-state index contributed by atoms with van der Waals surface area (Å²) in [6.45, 7) is 3.98. The number of carbonyl (C=O) groups excluding carboxylic acids is 2. The largest absolute Gasteiger partial charge is 0.450 e. The summed E-state index contributed by atoms with van der Waals surface area (Å²) in [4.78, 5) is 36.4. The van der Waals surface area contributed by atoms with Crippen molar-refractivity contribution in [1.82, 2.24) is 34.8 Å². The number of aromatic nitrogens is 5. The van der Waals surface area contributed by atoms with Crippen molar-refractivity contribution < 1.29 is 14.3 Å². The van der Waals surface area contributed by atoms with Crippen molar-refractivity contribution in [3.8, 4) is 5.69 Å². The van der Waals surface area contributed by atoms with Gasteiger partial charge in [-0.15, -0.1) is 5.10 Å². The van der Waals surface area contributed by atoms with Crippen LogP contribution in [0.5, 0.6) is 0 Å². The molecule has 1 aromatic carbocycles. The third kappa shape index (κ3) is 4.72. The normalized spacial score (nSPS) is 14.1. The maximum atomic E-state index is 12.6. The molecular weight excluding hydrogens is 442 g/mol. The van der Waals surface area contributed by atoms with E-state index in [-0.39, 0.29) is 17.8 Å². The number of benzene rings is 1. The first-order chi connectivity index (χ1) is 15.1. The predicted molar refractivity (Wildman–Crippen MR) is 115 cm³/mol. The van der Waals surface area contributed by atoms with E-state index < -0.39 is 0 Å². The molecule has 12 heteroatoms. The molecule has 0 spiro atoms. The number of carbonyl (C=O) groups is 2. The van der Waals surface area contributed by atoms with Crippen molar-refractivity contribution in [3.63, 3.8) is 0 Å². The van der Waals surface area contributed by atoms with Crippen LogP contribution in [0.1, 0.15) is 6.92 Å². The molecule has 2 aromatic heterocycles. The number of amides is 2. The standard InChI is InChI=1S/C19H20ClN7O3S/c1-2-30-19(29)26-8-6-25(7-9-26)15(28)11-31-18-16-17(21-12-22-18)27(24-23-16)14-5-3-4-13(20)10-14/h3-5,10,12H,2,6-9,11H2,1H3. The Bertz CT molecular complexity index is 1100. The third-order valence-corrected chi connectivity index (χ3v) is 5.95. The smallest absolute Gasteiger partial charge is 0.409 e. The average Bonchev–Trinajstić information content (AvgIpc) is 3.22. The summed E-state index contributed by atoms with van der Waals surface area (Å²) < 4.78 is 6.59. The number of rotatable bonds is 5. The van der Waals surface area contributed by atoms with E-state index in [0.29, 0.717) is 54.0 Å². The summed E-state index contributed by atoms with van der Waals surface area (Å²) in [5, 5.41) is 9.54. The fourth-order valence-electron chi connectivity index (χ4n) is 3.19. The monoisotopic (exact) mass is 461 g/mol. The Morgan fingerprint density at radius 3 is 2.68 bits per heavy atom. The Hall–Kier alpha value is -2.92. The molecule has 0 aliphatic carbocycles. The zero-order chi connectivity index (χ0) is 21.8. The molecule has 31 heavy (non-hydrogen) atoms. The van der Waals surface area contributed by atoms with Gasteiger partial charge in [0.05, 0.1) is 18.0 Å². The molecule has 2 amide bonds. The predicted octanol–water partition coefficient (Wildman–Crippen LogP) is 2.26. The SMILES string of the molecule is CCOC(=O)N1CCN(C(=O)CSc2ncnc3c2nnn3-c2cccc(Cl)c2)CC1. The van der Waals surface area contributed by atoms with Gasteiger partial charge in [-0.1, -0.05) is 34.6 Å². The number of piperazine rings is 1. The van der Waals surface area contributed by atoms with Crippen LogP contribution in [0, 0.1) is 0 Å². The molecule has 1 fully saturated rings. The third-order valence-electron chi connectivity index (χ3n) is 4.75. The van der Waals surface area contributed by atoms with Gasteiger partial charge < -0.3 is 14.5 Å². The molecule has 3 heterocycles. The zero-order valence-electron chi connectivity index (χ0n) is 16.8. The van der Waals surface area contributed by atoms with Crippen LogP contribution >= 0.6 is 23.4 Å². The molecule has 0 saturated carbocycles. The van der Waals surface area contributed by atoms with Gasteiger partial charge in [-0.3, -0.25) is 4.79 Å². The van der Waals surface area contributed by atoms with E-state index in [1.807, 2.05) is 12.1 Å². The summed E-state index contributed by atoms with van der Waals surface area (Å²) in [7, 11) is 0. The molecule has 1 saturated heterocycles. The minimum atomic E-state index is -0.338. The first-order valence-electron chi connectivity index (χ1n) is 9.71. The average molecular weight is 462 g/mol. The fourth-order valence-corrected chi connectivity index (χ4v) is 4.21. The summed E-state index contributed by atoms with van der Waals surface area (Å²) in [6, 6.07) is 7.22. The molecule has 1 aliphatic rings. The van der Waals surface area contributed by atoms with E-state index in [0.717, 1.165) is 5.69 Å². The molecule has 162 valence electrons. The fraction of sp³-hybridized carbons (Fsp3) is 0.368. The van der Waals surface area contributed by atoms with Gasteiger partial charge in [-0.25, -0.2) is 14.8 Å². The summed E-state index contributed by atoms with van der Waals surface area (Å²) in [5.41, 5.74) is 1.79. The van der Waals surface area contributed by atoms with Gasteiger partial charge in [0.2, 0.25) is 5.91 Å². The molecule has 10 nitrogen and oxygen atoms in total. The van der Waals surface area contributed by atoms with Gasteiger partial charge in [-0.2, -0.15) is 4.68 Å². The highest BCUT2D eigenvalue weighted by Gasteiger charge is 2.25. The van der Waals surface area contributed by atoms with Crippen molar-refractivity contribution in [2.45, 2.75) is 11.9 Å². The Labute approximate surface area is 187 Å². The Morgan fingerprint density at radius 1 is 1.16 bits per heavy atom. The van der Waals surface area contributed by atoms with Crippen LogP contribution in [0.3, 0.4) is 0 Å². The number of hydrogen-bond acceptors (Lipinski definition) is 8. The van der Waals surface area contributed by atoms with Crippen molar-refractivity contribution in [2.24, 2.45) is 0 Å². The quantitative estimate of drug-likeness (QED) is 0.420. The highest BCUT2D eigenvalue weighted by Crippen LogP contribution is 2.25. The van der Waals surface area contributed by atoms with Crippen LogP contribution < -0.4 is 0 Å². The number of nitrogens with zero attached hydrogens (tertiary/aromatic N) is 7. The minimum absolute atomic E-state index is 0.0255. The van der Waals surface area contributed by atoms with Crippen LogP contribution in [0.15, 0.2) is 35.6 Å². The maximum absolute atomic E-state index is 12.6. The van der Waals surface area contributed by atoms with Crippen LogP contribution in [0.2, 0.25) is 5.02 Å². The van der Waals surface area contributed by atoms with E-state index in [1.165, 1.54) is 18.1 Å². The molecule has 0 bridgehead atoms. The zero-order valence-corrected chi connectivity index (χ0v) is 18.3. The van der Waals surface area contributed by atoms with E-state index in [1.54, 1.807) is 33.5 Å². The molecule has 0 radical (unpaired) electrons. The second-order valence-corrected chi connectivity index (χ2v) is 8.09. The Balaban J connectivity index is 1.41. The van der Waals surface area contributed by atoms with Gasteiger partial charge in [0.25, 0.3) is 0 Å². The number of thioether (sulfide) groups is 1. The van der Waals surface area contributed by atoms with Gasteiger partial charge in [0, 0.05) is 31.2 Å². The van der Waals surface area contributed by atoms with Crippen LogP contribution in [0.25, 0.3) is 16.9 Å². The number of fused-ring (bicyclic) bond motifs is 1. The molecule has 0 atom stereocenters. The summed E-state index contributed by atoms with van der Waals surface area (Å²) in [6.07, 6.45) is 1.09. The van der Waals surface area contributed by atoms with E-state index in [4.69, 9.17) is 16.3 Å². The van der Waals surface area contributed by atoms with E-state index >= 15 is 0 Å². The number of halogens is 1. The first-order valence-corrected chi connectivity index (χ1v) is 11.1. The van der Waals surface area contributed by atoms with Crippen LogP contribution in [0.4, 0.5) is 4.79 Å². The molecule has 4 rings (SSSR count). The highest BCUT2D eigenvalue weighted by molar-refractivity contribution is 8.00. The lowest BCUT2D eigenvalue weighted by molar-refractivity contribution is -0.129. The van der Waals surface area contributed by atoms with Crippen LogP contribution in [-0.2, 0) is 9.53 Å². The molecule has 0 N–H and O–H groups in total.